The summed E-state index contributed by atoms with van der Waals surface area (Å²) in [5.74, 6) is 0. The molecule has 104 valence electrons. The molecule has 2 rings (SSSR count). The number of aryl methyl sites for hydroxylation is 1. The highest BCUT2D eigenvalue weighted by Gasteiger charge is 2.29. The number of halogens is 1. The summed E-state index contributed by atoms with van der Waals surface area (Å²) in [5, 5.41) is 3.80. The predicted molar refractivity (Wildman–Crippen MR) is 90.4 cm³/mol. The van der Waals surface area contributed by atoms with Crippen LogP contribution in [0.4, 0.5) is 0 Å². The molecule has 2 nitrogen and oxygen atoms in total. The molecule has 0 aliphatic rings. The number of alkyl halides is 1. The van der Waals surface area contributed by atoms with Crippen LogP contribution in [0.5, 0.6) is 0 Å². The van der Waals surface area contributed by atoms with E-state index in [-0.39, 0.29) is 0 Å². The zero-order valence-corrected chi connectivity index (χ0v) is 14.7. The second kappa shape index (κ2) is 6.22. The van der Waals surface area contributed by atoms with Crippen LogP contribution in [0.25, 0.3) is 11.0 Å². The Balaban J connectivity index is 2.47. The van der Waals surface area contributed by atoms with Crippen LogP contribution in [0.1, 0.15) is 20.8 Å². The first-order chi connectivity index (χ1) is 9.20. The summed E-state index contributed by atoms with van der Waals surface area (Å²) in [6.45, 7) is 8.02. The maximum atomic E-state index is 4.75. The summed E-state index contributed by atoms with van der Waals surface area (Å²) in [6.07, 6.45) is 4.30. The number of aromatic nitrogens is 2. The number of nitrogens with zero attached hydrogens (tertiary/aromatic N) is 2. The maximum absolute atomic E-state index is 4.75. The quantitative estimate of drug-likeness (QED) is 0.571. The lowest BCUT2D eigenvalue weighted by Gasteiger charge is -2.28. The lowest BCUT2D eigenvalue weighted by atomic mass is 10.3. The van der Waals surface area contributed by atoms with Gasteiger partial charge in [0.15, 0.2) is 0 Å². The van der Waals surface area contributed by atoms with Crippen LogP contribution in [0, 0.1) is 0 Å². The van der Waals surface area contributed by atoms with Crippen LogP contribution in [0.2, 0.25) is 18.1 Å². The first kappa shape index (κ1) is 14.8. The van der Waals surface area contributed by atoms with Gasteiger partial charge in [-0.05, 0) is 11.3 Å². The van der Waals surface area contributed by atoms with Crippen molar-refractivity contribution in [3.05, 3.63) is 24.5 Å². The Bertz CT molecular complexity index is 538. The van der Waals surface area contributed by atoms with E-state index in [1.807, 2.05) is 0 Å². The second-order valence-corrected chi connectivity index (χ2v) is 11.2. The molecule has 0 aliphatic heterocycles. The van der Waals surface area contributed by atoms with E-state index in [9.17, 15) is 0 Å². The molecule has 0 aromatic carbocycles. The molecule has 2 heterocycles. The van der Waals surface area contributed by atoms with Crippen molar-refractivity contribution in [1.29, 1.82) is 0 Å². The van der Waals surface area contributed by atoms with Gasteiger partial charge in [0.1, 0.15) is 5.65 Å². The second-order valence-electron chi connectivity index (χ2n) is 5.18. The Morgan fingerprint density at radius 3 is 2.47 bits per heavy atom. The lowest BCUT2D eigenvalue weighted by Crippen LogP contribution is -2.45. The Labute approximate surface area is 125 Å². The third-order valence-corrected chi connectivity index (χ3v) is 10.5. The largest absolute Gasteiger partial charge is 0.332 e. The highest BCUT2D eigenvalue weighted by Crippen LogP contribution is 2.22. The van der Waals surface area contributed by atoms with E-state index in [4.69, 9.17) is 4.98 Å². The molecule has 0 saturated heterocycles. The molecular formula is C15H23BrN2Si. The van der Waals surface area contributed by atoms with E-state index < -0.39 is 8.07 Å². The van der Waals surface area contributed by atoms with Crippen LogP contribution in [-0.4, -0.2) is 23.0 Å². The van der Waals surface area contributed by atoms with Gasteiger partial charge in [0.25, 0.3) is 0 Å². The van der Waals surface area contributed by atoms with E-state index in [2.05, 4.69) is 65.8 Å². The molecule has 4 heteroatoms. The van der Waals surface area contributed by atoms with Gasteiger partial charge in [-0.3, -0.25) is 0 Å². The van der Waals surface area contributed by atoms with E-state index in [0.29, 0.717) is 0 Å². The van der Waals surface area contributed by atoms with E-state index in [0.717, 1.165) is 17.5 Å². The van der Waals surface area contributed by atoms with Gasteiger partial charge >= 0.3 is 0 Å². The summed E-state index contributed by atoms with van der Waals surface area (Å²) >= 11 is 3.49. The molecule has 0 aliphatic carbocycles. The van der Waals surface area contributed by atoms with Crippen molar-refractivity contribution in [2.45, 2.75) is 45.4 Å². The minimum absolute atomic E-state index is 0.970. The number of hydrogen-bond donors (Lipinski definition) is 0. The Hall–Kier alpha value is -0.613. The zero-order chi connectivity index (χ0) is 13.9. The van der Waals surface area contributed by atoms with Gasteiger partial charge in [-0.15, -0.1) is 0 Å². The zero-order valence-electron chi connectivity index (χ0n) is 12.1. The average Bonchev–Trinajstić information content (AvgIpc) is 2.85. The SMILES string of the molecule is CC[Si](CC)(CC)c1cnc2c(ccn2CCBr)c1. The number of pyridine rings is 1. The van der Waals surface area contributed by atoms with Crippen LogP contribution in [0.15, 0.2) is 24.5 Å². The molecule has 0 radical (unpaired) electrons. The molecule has 2 aromatic rings. The Morgan fingerprint density at radius 2 is 1.89 bits per heavy atom. The first-order valence-electron chi connectivity index (χ1n) is 7.22. The van der Waals surface area contributed by atoms with Gasteiger partial charge in [0.2, 0.25) is 0 Å². The number of rotatable bonds is 6. The molecule has 0 saturated carbocycles. The normalized spacial score (nSPS) is 12.2. The first-order valence-corrected chi connectivity index (χ1v) is 11.0. The predicted octanol–water partition coefficient (Wildman–Crippen LogP) is 4.15. The topological polar surface area (TPSA) is 17.8 Å². The highest BCUT2D eigenvalue weighted by atomic mass is 79.9. The summed E-state index contributed by atoms with van der Waals surface area (Å²) in [6, 6.07) is 8.55. The average molecular weight is 339 g/mol. The Kier molecular flexibility index (Phi) is 4.85. The molecule has 0 atom stereocenters. The fourth-order valence-corrected chi connectivity index (χ4v) is 6.91. The molecule has 0 bridgehead atoms. The highest BCUT2D eigenvalue weighted by molar-refractivity contribution is 9.09. The van der Waals surface area contributed by atoms with Crippen LogP contribution in [0.3, 0.4) is 0 Å². The fourth-order valence-electron chi connectivity index (χ4n) is 3.00. The van der Waals surface area contributed by atoms with E-state index in [1.54, 1.807) is 0 Å². The van der Waals surface area contributed by atoms with Crippen molar-refractivity contribution in [3.63, 3.8) is 0 Å². The smallest absolute Gasteiger partial charge is 0.139 e. The van der Waals surface area contributed by atoms with Gasteiger partial charge in [0, 0.05) is 29.7 Å². The molecule has 0 amide bonds. The maximum Gasteiger partial charge on any atom is 0.139 e. The summed E-state index contributed by atoms with van der Waals surface area (Å²) in [5.41, 5.74) is 1.12. The minimum Gasteiger partial charge on any atom is -0.332 e. The number of fused-ring (bicyclic) bond motifs is 1. The lowest BCUT2D eigenvalue weighted by molar-refractivity contribution is 0.801. The molecule has 0 N–H and O–H groups in total. The van der Waals surface area contributed by atoms with Crippen molar-refractivity contribution in [3.8, 4) is 0 Å². The van der Waals surface area contributed by atoms with Gasteiger partial charge in [0.05, 0.1) is 8.07 Å². The van der Waals surface area contributed by atoms with Gasteiger partial charge in [-0.2, -0.15) is 0 Å². The fraction of sp³-hybridized carbons (Fsp3) is 0.533. The molecular weight excluding hydrogens is 316 g/mol. The summed E-state index contributed by atoms with van der Waals surface area (Å²) in [7, 11) is -1.30. The summed E-state index contributed by atoms with van der Waals surface area (Å²) in [4.78, 5) is 4.75. The Morgan fingerprint density at radius 1 is 1.21 bits per heavy atom. The molecule has 0 unspecified atom stereocenters. The molecule has 19 heavy (non-hydrogen) atoms. The van der Waals surface area contributed by atoms with Crippen molar-refractivity contribution in [2.24, 2.45) is 0 Å². The third kappa shape index (κ3) is 2.65. The molecule has 0 spiro atoms. The monoisotopic (exact) mass is 338 g/mol. The van der Waals surface area contributed by atoms with Gasteiger partial charge in [-0.25, -0.2) is 4.98 Å². The standard InChI is InChI=1S/C15H23BrN2Si/c1-4-19(5-2,6-3)14-11-13-7-9-18(10-8-16)15(13)17-12-14/h7,9,11-12H,4-6,8,10H2,1-3H3. The van der Waals surface area contributed by atoms with Crippen molar-refractivity contribution in [1.82, 2.24) is 9.55 Å². The summed E-state index contributed by atoms with van der Waals surface area (Å²) < 4.78 is 2.22. The van der Waals surface area contributed by atoms with Crippen molar-refractivity contribution >= 4 is 40.2 Å². The molecule has 0 fully saturated rings. The van der Waals surface area contributed by atoms with Crippen LogP contribution in [-0.2, 0) is 6.54 Å². The minimum atomic E-state index is -1.30. The van der Waals surface area contributed by atoms with Crippen LogP contribution < -0.4 is 5.19 Å². The van der Waals surface area contributed by atoms with Crippen molar-refractivity contribution in [2.75, 3.05) is 5.33 Å². The van der Waals surface area contributed by atoms with E-state index in [1.165, 1.54) is 28.7 Å². The van der Waals surface area contributed by atoms with Crippen LogP contribution >= 0.6 is 15.9 Å². The van der Waals surface area contributed by atoms with Gasteiger partial charge in [-0.1, -0.05) is 60.9 Å². The van der Waals surface area contributed by atoms with E-state index >= 15 is 0 Å². The molecule has 2 aromatic heterocycles. The third-order valence-electron chi connectivity index (χ3n) is 4.57. The van der Waals surface area contributed by atoms with Gasteiger partial charge < -0.3 is 4.57 Å². The van der Waals surface area contributed by atoms with Crippen molar-refractivity contribution < 1.29 is 0 Å². The number of hydrogen-bond acceptors (Lipinski definition) is 1.